The van der Waals surface area contributed by atoms with E-state index in [1.165, 1.54) is 0 Å². The van der Waals surface area contributed by atoms with Crippen molar-refractivity contribution in [1.29, 1.82) is 0 Å². The van der Waals surface area contributed by atoms with E-state index < -0.39 is 0 Å². The largest absolute Gasteiger partial charge is 0.493 e. The molecular formula is C25H23N3O3. The molecule has 0 bridgehead atoms. The van der Waals surface area contributed by atoms with Crippen molar-refractivity contribution >= 4 is 22.4 Å². The molecule has 1 aromatic heterocycles. The molecule has 1 N–H and O–H groups in total. The number of hydrogen-bond acceptors (Lipinski definition) is 5. The summed E-state index contributed by atoms with van der Waals surface area (Å²) in [6.07, 6.45) is 0. The monoisotopic (exact) mass is 413 g/mol. The minimum atomic E-state index is -0.272. The number of fused-ring (bicyclic) bond motifs is 1. The highest BCUT2D eigenvalue weighted by atomic mass is 16.5. The molecule has 0 aliphatic carbocycles. The normalized spacial score (nSPS) is 10.7. The number of aryl methyl sites for hydroxylation is 2. The number of carbonyl (C=O) groups is 1. The van der Waals surface area contributed by atoms with Crippen molar-refractivity contribution in [3.8, 4) is 17.5 Å². The summed E-state index contributed by atoms with van der Waals surface area (Å²) in [5.74, 6) is 0.918. The number of benzene rings is 3. The molecule has 1 heterocycles. The van der Waals surface area contributed by atoms with Gasteiger partial charge < -0.3 is 14.8 Å². The summed E-state index contributed by atoms with van der Waals surface area (Å²) in [5, 5.41) is 4.77. The summed E-state index contributed by atoms with van der Waals surface area (Å²) < 4.78 is 11.5. The van der Waals surface area contributed by atoms with E-state index in [9.17, 15) is 4.79 Å². The summed E-state index contributed by atoms with van der Waals surface area (Å²) >= 11 is 0. The first-order valence-corrected chi connectivity index (χ1v) is 10.1. The number of para-hydroxylation sites is 1. The van der Waals surface area contributed by atoms with Crippen molar-refractivity contribution in [1.82, 2.24) is 9.97 Å². The van der Waals surface area contributed by atoms with E-state index in [2.05, 4.69) is 15.3 Å². The Morgan fingerprint density at radius 2 is 1.58 bits per heavy atom. The fraction of sp³-hybridized carbons (Fsp3) is 0.160. The van der Waals surface area contributed by atoms with Crippen molar-refractivity contribution in [3.05, 3.63) is 83.7 Å². The Balaban J connectivity index is 1.67. The molecule has 0 unspecified atom stereocenters. The molecule has 0 aliphatic rings. The quantitative estimate of drug-likeness (QED) is 0.440. The molecule has 4 aromatic rings. The molecule has 0 radical (unpaired) electrons. The Labute approximate surface area is 180 Å². The minimum Gasteiger partial charge on any atom is -0.493 e. The van der Waals surface area contributed by atoms with Gasteiger partial charge in [-0.15, -0.1) is 0 Å². The Morgan fingerprint density at radius 3 is 2.29 bits per heavy atom. The zero-order valence-corrected chi connectivity index (χ0v) is 17.7. The molecule has 0 saturated heterocycles. The second kappa shape index (κ2) is 8.83. The molecule has 4 rings (SSSR count). The third-order valence-electron chi connectivity index (χ3n) is 4.86. The first kappa shape index (κ1) is 20.3. The van der Waals surface area contributed by atoms with Crippen LogP contribution in [0.5, 0.6) is 17.5 Å². The molecular weight excluding hydrogens is 390 g/mol. The predicted molar refractivity (Wildman–Crippen MR) is 121 cm³/mol. The van der Waals surface area contributed by atoms with Gasteiger partial charge in [-0.3, -0.25) is 4.79 Å². The number of anilines is 1. The maximum atomic E-state index is 13.3. The molecule has 6 heteroatoms. The van der Waals surface area contributed by atoms with Crippen LogP contribution in [0.4, 0.5) is 5.69 Å². The van der Waals surface area contributed by atoms with Crippen LogP contribution in [-0.2, 0) is 0 Å². The third-order valence-corrected chi connectivity index (χ3v) is 4.86. The molecule has 0 spiro atoms. The van der Waals surface area contributed by atoms with Crippen molar-refractivity contribution < 1.29 is 14.3 Å². The van der Waals surface area contributed by atoms with Crippen molar-refractivity contribution in [2.24, 2.45) is 0 Å². The lowest BCUT2D eigenvalue weighted by Crippen LogP contribution is -2.17. The molecule has 6 nitrogen and oxygen atoms in total. The highest BCUT2D eigenvalue weighted by molar-refractivity contribution is 6.15. The average Bonchev–Trinajstić information content (AvgIpc) is 2.77. The van der Waals surface area contributed by atoms with Gasteiger partial charge in [-0.05, 0) is 49.7 Å². The van der Waals surface area contributed by atoms with Crippen LogP contribution < -0.4 is 14.8 Å². The number of hydrogen-bond donors (Lipinski definition) is 1. The topological polar surface area (TPSA) is 73.3 Å². The van der Waals surface area contributed by atoms with Crippen molar-refractivity contribution in [2.45, 2.75) is 20.8 Å². The van der Waals surface area contributed by atoms with Crippen LogP contribution in [0.1, 0.15) is 28.7 Å². The lowest BCUT2D eigenvalue weighted by molar-refractivity contribution is 0.102. The number of rotatable bonds is 6. The van der Waals surface area contributed by atoms with E-state index in [4.69, 9.17) is 9.47 Å². The number of carbonyl (C=O) groups excluding carboxylic acids is 1. The van der Waals surface area contributed by atoms with Crippen LogP contribution in [0, 0.1) is 13.8 Å². The molecule has 0 aliphatic heterocycles. The fourth-order valence-corrected chi connectivity index (χ4v) is 3.44. The average molecular weight is 413 g/mol. The van der Waals surface area contributed by atoms with Crippen LogP contribution in [0.15, 0.2) is 66.7 Å². The lowest BCUT2D eigenvalue weighted by atomic mass is 10.0. The van der Waals surface area contributed by atoms with E-state index in [0.717, 1.165) is 10.8 Å². The molecule has 31 heavy (non-hydrogen) atoms. The molecule has 1 amide bonds. The van der Waals surface area contributed by atoms with E-state index in [1.807, 2.05) is 87.5 Å². The summed E-state index contributed by atoms with van der Waals surface area (Å²) in [6, 6.07) is 21.1. The van der Waals surface area contributed by atoms with Crippen LogP contribution in [0.3, 0.4) is 0 Å². The number of amides is 1. The first-order chi connectivity index (χ1) is 15.1. The van der Waals surface area contributed by atoms with Gasteiger partial charge in [0.25, 0.3) is 5.91 Å². The van der Waals surface area contributed by atoms with Crippen LogP contribution in [0.2, 0.25) is 0 Å². The standard InChI is InChI=1S/C25H23N3O3/c1-4-30-21-15-14-18-10-8-9-13-20(18)22(21)24(29)28-23-16(2)26-25(27-17(23)3)31-19-11-6-5-7-12-19/h5-15H,4H2,1-3H3,(H,28,29). The summed E-state index contributed by atoms with van der Waals surface area (Å²) in [5.41, 5.74) is 2.28. The van der Waals surface area contributed by atoms with Gasteiger partial charge >= 0.3 is 6.01 Å². The molecule has 0 fully saturated rings. The third kappa shape index (κ3) is 4.33. The van der Waals surface area contributed by atoms with E-state index in [-0.39, 0.29) is 11.9 Å². The second-order valence-corrected chi connectivity index (χ2v) is 7.01. The van der Waals surface area contributed by atoms with Gasteiger partial charge in [0.05, 0.1) is 29.2 Å². The molecule has 156 valence electrons. The molecule has 0 saturated carbocycles. The second-order valence-electron chi connectivity index (χ2n) is 7.01. The number of nitrogens with zero attached hydrogens (tertiary/aromatic N) is 2. The van der Waals surface area contributed by atoms with Gasteiger partial charge in [0.1, 0.15) is 11.5 Å². The number of ether oxygens (including phenoxy) is 2. The van der Waals surface area contributed by atoms with E-state index in [1.54, 1.807) is 0 Å². The van der Waals surface area contributed by atoms with Gasteiger partial charge in [-0.2, -0.15) is 9.97 Å². The van der Waals surface area contributed by atoms with Crippen LogP contribution >= 0.6 is 0 Å². The van der Waals surface area contributed by atoms with Gasteiger partial charge in [0, 0.05) is 0 Å². The zero-order valence-electron chi connectivity index (χ0n) is 17.7. The Kier molecular flexibility index (Phi) is 5.80. The number of nitrogens with one attached hydrogen (secondary N) is 1. The summed E-state index contributed by atoms with van der Waals surface area (Å²) in [4.78, 5) is 22.2. The van der Waals surface area contributed by atoms with Gasteiger partial charge in [0.15, 0.2) is 0 Å². The predicted octanol–water partition coefficient (Wildman–Crippen LogP) is 5.69. The van der Waals surface area contributed by atoms with E-state index >= 15 is 0 Å². The fourth-order valence-electron chi connectivity index (χ4n) is 3.44. The maximum Gasteiger partial charge on any atom is 0.322 e. The first-order valence-electron chi connectivity index (χ1n) is 10.1. The highest BCUT2D eigenvalue weighted by Crippen LogP contribution is 2.30. The molecule has 3 aromatic carbocycles. The van der Waals surface area contributed by atoms with Crippen molar-refractivity contribution in [3.63, 3.8) is 0 Å². The van der Waals surface area contributed by atoms with Crippen molar-refractivity contribution in [2.75, 3.05) is 11.9 Å². The van der Waals surface area contributed by atoms with Gasteiger partial charge in [-0.25, -0.2) is 0 Å². The lowest BCUT2D eigenvalue weighted by Gasteiger charge is -2.16. The van der Waals surface area contributed by atoms with Crippen LogP contribution in [-0.4, -0.2) is 22.5 Å². The smallest absolute Gasteiger partial charge is 0.322 e. The number of aromatic nitrogens is 2. The Morgan fingerprint density at radius 1 is 0.903 bits per heavy atom. The SMILES string of the molecule is CCOc1ccc2ccccc2c1C(=O)Nc1c(C)nc(Oc2ccccc2)nc1C. The van der Waals surface area contributed by atoms with Crippen LogP contribution in [0.25, 0.3) is 10.8 Å². The Bertz CT molecular complexity index is 1220. The van der Waals surface area contributed by atoms with Gasteiger partial charge in [-0.1, -0.05) is 48.5 Å². The zero-order chi connectivity index (χ0) is 21.8. The molecule has 0 atom stereocenters. The Hall–Kier alpha value is -3.93. The maximum absolute atomic E-state index is 13.3. The minimum absolute atomic E-state index is 0.236. The van der Waals surface area contributed by atoms with Gasteiger partial charge in [0.2, 0.25) is 0 Å². The van der Waals surface area contributed by atoms with E-state index in [0.29, 0.717) is 40.7 Å². The summed E-state index contributed by atoms with van der Waals surface area (Å²) in [7, 11) is 0. The summed E-state index contributed by atoms with van der Waals surface area (Å²) in [6.45, 7) is 5.99. The highest BCUT2D eigenvalue weighted by Gasteiger charge is 2.20.